The lowest BCUT2D eigenvalue weighted by Crippen LogP contribution is -2.60. The van der Waals surface area contributed by atoms with E-state index in [4.69, 9.17) is 9.47 Å². The number of carbonyl (C=O) groups excluding carboxylic acids is 1. The second kappa shape index (κ2) is 56.2. The van der Waals surface area contributed by atoms with Gasteiger partial charge in [-0.15, -0.1) is 0 Å². The molecule has 9 nitrogen and oxygen atoms in total. The normalized spacial score (nSPS) is 18.8. The molecule has 2 unspecified atom stereocenters. The number of rotatable bonds is 59. The van der Waals surface area contributed by atoms with Gasteiger partial charge in [0.25, 0.3) is 0 Å². The van der Waals surface area contributed by atoms with Crippen molar-refractivity contribution >= 4 is 5.91 Å². The Kier molecular flexibility index (Phi) is 53.9. The van der Waals surface area contributed by atoms with Crippen molar-refractivity contribution in [2.45, 2.75) is 391 Å². The highest BCUT2D eigenvalue weighted by Gasteiger charge is 2.44. The third-order valence-corrected chi connectivity index (χ3v) is 16.4. The van der Waals surface area contributed by atoms with E-state index in [1.165, 1.54) is 289 Å². The van der Waals surface area contributed by atoms with Crippen molar-refractivity contribution in [3.05, 3.63) is 12.2 Å². The van der Waals surface area contributed by atoms with Crippen LogP contribution in [0.1, 0.15) is 348 Å². The molecule has 0 saturated carbocycles. The zero-order valence-electron chi connectivity index (χ0n) is 49.8. The molecule has 0 spiro atoms. The van der Waals surface area contributed by atoms with Crippen LogP contribution in [0.15, 0.2) is 12.2 Å². The molecule has 0 aliphatic carbocycles. The minimum Gasteiger partial charge on any atom is -0.394 e. The number of amides is 1. The van der Waals surface area contributed by atoms with Crippen LogP contribution in [-0.4, -0.2) is 87.5 Å². The number of allylic oxidation sites excluding steroid dienone is 1. The van der Waals surface area contributed by atoms with Crippen molar-refractivity contribution in [2.75, 3.05) is 13.2 Å². The fourth-order valence-corrected chi connectivity index (χ4v) is 11.1. The van der Waals surface area contributed by atoms with Gasteiger partial charge < -0.3 is 40.3 Å². The molecule has 0 bridgehead atoms. The van der Waals surface area contributed by atoms with Crippen LogP contribution in [0.4, 0.5) is 0 Å². The summed E-state index contributed by atoms with van der Waals surface area (Å²) in [7, 11) is 0. The maximum atomic E-state index is 13.1. The smallest absolute Gasteiger partial charge is 0.220 e. The van der Waals surface area contributed by atoms with Gasteiger partial charge in [0.2, 0.25) is 5.91 Å². The lowest BCUT2D eigenvalue weighted by atomic mass is 9.99. The Balaban J connectivity index is 2.05. The molecular weight excluding hydrogens is 935 g/mol. The molecule has 1 heterocycles. The Morgan fingerprint density at radius 1 is 0.440 bits per heavy atom. The summed E-state index contributed by atoms with van der Waals surface area (Å²) in [6, 6.07) is -0.801. The summed E-state index contributed by atoms with van der Waals surface area (Å²) in [5.41, 5.74) is 0. The van der Waals surface area contributed by atoms with Crippen LogP contribution in [-0.2, 0) is 14.3 Å². The summed E-state index contributed by atoms with van der Waals surface area (Å²) >= 11 is 0. The van der Waals surface area contributed by atoms with E-state index in [2.05, 4.69) is 19.2 Å². The minimum absolute atomic E-state index is 0.169. The number of aliphatic hydroxyl groups excluding tert-OH is 5. The van der Waals surface area contributed by atoms with Crippen molar-refractivity contribution in [1.29, 1.82) is 0 Å². The van der Waals surface area contributed by atoms with Gasteiger partial charge in [-0.05, 0) is 19.3 Å². The van der Waals surface area contributed by atoms with Crippen molar-refractivity contribution < 1.29 is 39.8 Å². The topological polar surface area (TPSA) is 149 Å². The second-order valence-corrected chi connectivity index (χ2v) is 23.6. The molecule has 1 saturated heterocycles. The van der Waals surface area contributed by atoms with E-state index in [1.807, 2.05) is 6.08 Å². The van der Waals surface area contributed by atoms with E-state index in [0.717, 1.165) is 38.5 Å². The summed E-state index contributed by atoms with van der Waals surface area (Å²) in [6.07, 6.45) is 64.7. The molecule has 1 aliphatic rings. The summed E-state index contributed by atoms with van der Waals surface area (Å²) < 4.78 is 11.3. The average molecular weight is 1060 g/mol. The van der Waals surface area contributed by atoms with Crippen LogP contribution >= 0.6 is 0 Å². The van der Waals surface area contributed by atoms with Crippen LogP contribution in [0.2, 0.25) is 0 Å². The summed E-state index contributed by atoms with van der Waals surface area (Å²) in [5.74, 6) is -0.169. The SMILES string of the molecule is CCCCCCCCCCCCCCCC/C=C/[C@@H](O)[C@H](CO[C@@H]1O[C@H](CO)[C@@H](O)C(O)C1O)NC(=O)CCCCCCCCCCCCCCCCCCCCCCCCCCCCCCCCCCCCCC. The van der Waals surface area contributed by atoms with E-state index >= 15 is 0 Å². The molecule has 1 rings (SSSR count). The first kappa shape index (κ1) is 71.9. The molecule has 0 radical (unpaired) electrons. The van der Waals surface area contributed by atoms with Crippen molar-refractivity contribution in [3.8, 4) is 0 Å². The lowest BCUT2D eigenvalue weighted by molar-refractivity contribution is -0.302. The number of carbonyl (C=O) groups is 1. The van der Waals surface area contributed by atoms with Gasteiger partial charge in [0.1, 0.15) is 24.4 Å². The van der Waals surface area contributed by atoms with Crippen molar-refractivity contribution in [1.82, 2.24) is 5.32 Å². The fraction of sp³-hybridized carbons (Fsp3) is 0.955. The Bertz CT molecular complexity index is 1190. The minimum atomic E-state index is -1.56. The largest absolute Gasteiger partial charge is 0.394 e. The maximum absolute atomic E-state index is 13.1. The van der Waals surface area contributed by atoms with Gasteiger partial charge in [-0.25, -0.2) is 0 Å². The molecule has 0 aromatic carbocycles. The van der Waals surface area contributed by atoms with Crippen LogP contribution in [0.25, 0.3) is 0 Å². The maximum Gasteiger partial charge on any atom is 0.220 e. The number of aliphatic hydroxyl groups is 5. The first-order valence-electron chi connectivity index (χ1n) is 33.4. The number of nitrogens with one attached hydrogen (secondary N) is 1. The zero-order valence-corrected chi connectivity index (χ0v) is 49.8. The van der Waals surface area contributed by atoms with Gasteiger partial charge in [0.05, 0.1) is 25.4 Å². The molecule has 7 atom stereocenters. The standard InChI is InChI=1S/C66H129NO8/c1-3-5-7-9-11-13-15-17-19-21-22-23-24-25-26-27-28-29-30-31-32-33-34-35-36-37-38-39-40-42-44-46-48-50-52-54-56-62(70)67-59(58-74-66-65(73)64(72)63(71)61(57-68)75-66)60(69)55-53-51-49-47-45-43-41-20-18-16-14-12-10-8-6-4-2/h53,55,59-61,63-66,68-69,71-73H,3-52,54,56-58H2,1-2H3,(H,67,70)/b55-53+/t59-,60+,61+,63+,64?,65?,66+/m0/s1. The average Bonchev–Trinajstić information content (AvgIpc) is 3.41. The first-order valence-corrected chi connectivity index (χ1v) is 33.4. The van der Waals surface area contributed by atoms with Gasteiger partial charge in [0.15, 0.2) is 6.29 Å². The predicted octanol–water partition coefficient (Wildman–Crippen LogP) is 17.5. The molecule has 0 aromatic heterocycles. The highest BCUT2D eigenvalue weighted by Crippen LogP contribution is 2.23. The highest BCUT2D eigenvalue weighted by atomic mass is 16.7. The molecule has 0 aromatic rings. The highest BCUT2D eigenvalue weighted by molar-refractivity contribution is 5.76. The number of ether oxygens (including phenoxy) is 2. The third-order valence-electron chi connectivity index (χ3n) is 16.4. The number of unbranched alkanes of at least 4 members (excludes halogenated alkanes) is 49. The van der Waals surface area contributed by atoms with Gasteiger partial charge >= 0.3 is 0 Å². The van der Waals surface area contributed by atoms with E-state index < -0.39 is 49.5 Å². The molecular formula is C66H129NO8. The summed E-state index contributed by atoms with van der Waals surface area (Å²) in [6.45, 7) is 3.83. The lowest BCUT2D eigenvalue weighted by Gasteiger charge is -2.40. The second-order valence-electron chi connectivity index (χ2n) is 23.6. The molecule has 6 N–H and O–H groups in total. The Labute approximate surface area is 465 Å². The summed E-state index contributed by atoms with van der Waals surface area (Å²) in [4.78, 5) is 13.1. The van der Waals surface area contributed by atoms with Crippen LogP contribution in [0.5, 0.6) is 0 Å². The molecule has 446 valence electrons. The Morgan fingerprint density at radius 2 is 0.733 bits per heavy atom. The third kappa shape index (κ3) is 45.4. The molecule has 75 heavy (non-hydrogen) atoms. The van der Waals surface area contributed by atoms with Gasteiger partial charge in [-0.1, -0.05) is 334 Å². The monoisotopic (exact) mass is 1060 g/mol. The van der Waals surface area contributed by atoms with Crippen molar-refractivity contribution in [3.63, 3.8) is 0 Å². The predicted molar refractivity (Wildman–Crippen MR) is 318 cm³/mol. The van der Waals surface area contributed by atoms with Crippen LogP contribution in [0.3, 0.4) is 0 Å². The molecule has 9 heteroatoms. The van der Waals surface area contributed by atoms with E-state index in [1.54, 1.807) is 6.08 Å². The first-order chi connectivity index (χ1) is 36.8. The summed E-state index contributed by atoms with van der Waals surface area (Å²) in [5, 5.41) is 54.6. The van der Waals surface area contributed by atoms with E-state index in [-0.39, 0.29) is 12.5 Å². The van der Waals surface area contributed by atoms with E-state index in [9.17, 15) is 30.3 Å². The van der Waals surface area contributed by atoms with Gasteiger partial charge in [-0.3, -0.25) is 4.79 Å². The number of hydrogen-bond donors (Lipinski definition) is 6. The Morgan fingerprint density at radius 3 is 1.04 bits per heavy atom. The molecule has 1 aliphatic heterocycles. The van der Waals surface area contributed by atoms with E-state index in [0.29, 0.717) is 6.42 Å². The van der Waals surface area contributed by atoms with Gasteiger partial charge in [0, 0.05) is 6.42 Å². The molecule has 1 amide bonds. The quantitative estimate of drug-likeness (QED) is 0.0261. The fourth-order valence-electron chi connectivity index (χ4n) is 11.1. The van der Waals surface area contributed by atoms with Crippen molar-refractivity contribution in [2.24, 2.45) is 0 Å². The van der Waals surface area contributed by atoms with Gasteiger partial charge in [-0.2, -0.15) is 0 Å². The van der Waals surface area contributed by atoms with Crippen LogP contribution < -0.4 is 5.32 Å². The van der Waals surface area contributed by atoms with Crippen LogP contribution in [0, 0.1) is 0 Å². The number of hydrogen-bond acceptors (Lipinski definition) is 8. The Hall–Kier alpha value is -1.07. The zero-order chi connectivity index (χ0) is 54.3. The molecule has 1 fully saturated rings.